The number of phenols is 1. The molecule has 1 aliphatic heterocycles. The lowest BCUT2D eigenvalue weighted by atomic mass is 10.1. The van der Waals surface area contributed by atoms with Gasteiger partial charge in [0, 0.05) is 39.4 Å². The summed E-state index contributed by atoms with van der Waals surface area (Å²) >= 11 is 0. The lowest BCUT2D eigenvalue weighted by molar-refractivity contribution is 0.0528. The van der Waals surface area contributed by atoms with Crippen LogP contribution in [0.4, 0.5) is 0 Å². The van der Waals surface area contributed by atoms with Gasteiger partial charge in [-0.2, -0.15) is 0 Å². The number of rotatable bonds is 4. The SMILES string of the molecule is CNS(=O)(=O)c1cc(C(=O)N2CCN(C(=O)c3ccccc3O)CC2)n(C)c1. The number of amides is 2. The molecule has 2 N–H and O–H groups in total. The van der Waals surface area contributed by atoms with E-state index in [9.17, 15) is 23.1 Å². The monoisotopic (exact) mass is 406 g/mol. The number of piperazine rings is 1. The van der Waals surface area contributed by atoms with Gasteiger partial charge in [0.1, 0.15) is 16.3 Å². The highest BCUT2D eigenvalue weighted by Gasteiger charge is 2.28. The van der Waals surface area contributed by atoms with Gasteiger partial charge in [0.2, 0.25) is 10.0 Å². The van der Waals surface area contributed by atoms with Crippen LogP contribution >= 0.6 is 0 Å². The number of nitrogens with one attached hydrogen (secondary N) is 1. The van der Waals surface area contributed by atoms with E-state index >= 15 is 0 Å². The number of nitrogens with zero attached hydrogens (tertiary/aromatic N) is 3. The van der Waals surface area contributed by atoms with Crippen LogP contribution in [0.5, 0.6) is 5.75 Å². The van der Waals surface area contributed by atoms with Crippen molar-refractivity contribution in [1.29, 1.82) is 0 Å². The summed E-state index contributed by atoms with van der Waals surface area (Å²) in [5.41, 5.74) is 0.487. The number of para-hydroxylation sites is 1. The van der Waals surface area contributed by atoms with E-state index in [0.717, 1.165) is 0 Å². The van der Waals surface area contributed by atoms with Crippen molar-refractivity contribution < 1.29 is 23.1 Å². The Bertz CT molecular complexity index is 1010. The topological polar surface area (TPSA) is 112 Å². The molecule has 0 saturated carbocycles. The fourth-order valence-electron chi connectivity index (χ4n) is 3.11. The zero-order valence-corrected chi connectivity index (χ0v) is 16.4. The number of phenolic OH excluding ortho intramolecular Hbond substituents is 1. The quantitative estimate of drug-likeness (QED) is 0.755. The molecule has 150 valence electrons. The van der Waals surface area contributed by atoms with Gasteiger partial charge in [-0.05, 0) is 25.2 Å². The second kappa shape index (κ2) is 7.64. The van der Waals surface area contributed by atoms with Crippen LogP contribution in [-0.2, 0) is 17.1 Å². The van der Waals surface area contributed by atoms with Gasteiger partial charge in [0.15, 0.2) is 0 Å². The second-order valence-electron chi connectivity index (χ2n) is 6.48. The number of aromatic hydroxyl groups is 1. The predicted octanol–water partition coefficient (Wildman–Crippen LogP) is 0.237. The van der Waals surface area contributed by atoms with Crippen LogP contribution in [0.15, 0.2) is 41.4 Å². The number of carbonyl (C=O) groups is 2. The first-order valence-electron chi connectivity index (χ1n) is 8.71. The summed E-state index contributed by atoms with van der Waals surface area (Å²) in [7, 11) is -0.716. The van der Waals surface area contributed by atoms with E-state index in [-0.39, 0.29) is 33.7 Å². The number of hydrogen-bond acceptors (Lipinski definition) is 5. The predicted molar refractivity (Wildman–Crippen MR) is 102 cm³/mol. The van der Waals surface area contributed by atoms with Gasteiger partial charge in [-0.1, -0.05) is 12.1 Å². The van der Waals surface area contributed by atoms with Gasteiger partial charge in [0.25, 0.3) is 11.8 Å². The lowest BCUT2D eigenvalue weighted by Gasteiger charge is -2.34. The smallest absolute Gasteiger partial charge is 0.270 e. The van der Waals surface area contributed by atoms with Crippen molar-refractivity contribution in [2.45, 2.75) is 4.90 Å². The molecule has 0 atom stereocenters. The molecule has 1 saturated heterocycles. The van der Waals surface area contributed by atoms with Gasteiger partial charge in [-0.3, -0.25) is 9.59 Å². The highest BCUT2D eigenvalue weighted by molar-refractivity contribution is 7.89. The van der Waals surface area contributed by atoms with Crippen LogP contribution in [-0.4, -0.2) is 72.9 Å². The molecule has 3 rings (SSSR count). The fraction of sp³-hybridized carbons (Fsp3) is 0.333. The fourth-order valence-corrected chi connectivity index (χ4v) is 3.91. The average Bonchev–Trinajstić information content (AvgIpc) is 3.10. The summed E-state index contributed by atoms with van der Waals surface area (Å²) in [5.74, 6) is -0.658. The minimum atomic E-state index is -3.64. The number of aromatic nitrogens is 1. The molecule has 2 aromatic rings. The highest BCUT2D eigenvalue weighted by Crippen LogP contribution is 2.20. The Morgan fingerprint density at radius 1 is 1.04 bits per heavy atom. The molecule has 1 aromatic heterocycles. The Labute approximate surface area is 163 Å². The molecule has 2 heterocycles. The van der Waals surface area contributed by atoms with E-state index in [1.807, 2.05) is 0 Å². The Kier molecular flexibility index (Phi) is 5.43. The first-order chi connectivity index (χ1) is 13.2. The minimum absolute atomic E-state index is 0.0224. The summed E-state index contributed by atoms with van der Waals surface area (Å²) in [6, 6.07) is 7.68. The summed E-state index contributed by atoms with van der Waals surface area (Å²) in [5, 5.41) is 9.85. The summed E-state index contributed by atoms with van der Waals surface area (Å²) in [6.07, 6.45) is 1.39. The molecule has 2 amide bonds. The van der Waals surface area contributed by atoms with E-state index < -0.39 is 10.0 Å². The minimum Gasteiger partial charge on any atom is -0.507 e. The van der Waals surface area contributed by atoms with E-state index in [4.69, 9.17) is 0 Å². The Hall–Kier alpha value is -2.85. The summed E-state index contributed by atoms with van der Waals surface area (Å²) < 4.78 is 27.6. The molecule has 1 fully saturated rings. The molecule has 0 aliphatic carbocycles. The standard InChI is InChI=1S/C18H22N4O5S/c1-19-28(26,27)13-11-15(20(2)12-13)18(25)22-9-7-21(8-10-22)17(24)14-5-3-4-6-16(14)23/h3-6,11-12,19,23H,7-10H2,1-2H3. The Balaban J connectivity index is 1.69. The van der Waals surface area contributed by atoms with Gasteiger partial charge in [-0.25, -0.2) is 13.1 Å². The van der Waals surface area contributed by atoms with Gasteiger partial charge < -0.3 is 19.5 Å². The molecule has 0 radical (unpaired) electrons. The molecular weight excluding hydrogens is 384 g/mol. The third-order valence-electron chi connectivity index (χ3n) is 4.77. The van der Waals surface area contributed by atoms with Crippen LogP contribution < -0.4 is 4.72 Å². The molecular formula is C18H22N4O5S. The van der Waals surface area contributed by atoms with Gasteiger partial charge in [-0.15, -0.1) is 0 Å². The number of aryl methyl sites for hydroxylation is 1. The van der Waals surface area contributed by atoms with Crippen molar-refractivity contribution in [3.63, 3.8) is 0 Å². The molecule has 1 aliphatic rings. The normalized spacial score (nSPS) is 14.9. The van der Waals surface area contributed by atoms with Crippen molar-refractivity contribution in [2.75, 3.05) is 33.2 Å². The van der Waals surface area contributed by atoms with E-state index in [2.05, 4.69) is 4.72 Å². The van der Waals surface area contributed by atoms with Crippen molar-refractivity contribution in [2.24, 2.45) is 7.05 Å². The molecule has 0 bridgehead atoms. The van der Waals surface area contributed by atoms with Crippen LogP contribution in [0.25, 0.3) is 0 Å². The van der Waals surface area contributed by atoms with Gasteiger partial charge in [0.05, 0.1) is 5.56 Å². The number of carbonyl (C=O) groups excluding carboxylic acids is 2. The van der Waals surface area contributed by atoms with Crippen molar-refractivity contribution >= 4 is 21.8 Å². The first-order valence-corrected chi connectivity index (χ1v) is 10.2. The lowest BCUT2D eigenvalue weighted by Crippen LogP contribution is -2.50. The largest absolute Gasteiger partial charge is 0.507 e. The van der Waals surface area contributed by atoms with E-state index in [0.29, 0.717) is 26.2 Å². The maximum absolute atomic E-state index is 12.8. The first kappa shape index (κ1) is 19.9. The molecule has 10 heteroatoms. The summed E-state index contributed by atoms with van der Waals surface area (Å²) in [6.45, 7) is 1.28. The zero-order valence-electron chi connectivity index (χ0n) is 15.6. The second-order valence-corrected chi connectivity index (χ2v) is 8.37. The zero-order chi connectivity index (χ0) is 20.5. The third-order valence-corrected chi connectivity index (χ3v) is 6.15. The van der Waals surface area contributed by atoms with Crippen LogP contribution in [0, 0.1) is 0 Å². The highest BCUT2D eigenvalue weighted by atomic mass is 32.2. The third kappa shape index (κ3) is 3.73. The maximum Gasteiger partial charge on any atom is 0.270 e. The molecule has 0 spiro atoms. The van der Waals surface area contributed by atoms with Crippen molar-refractivity contribution in [3.8, 4) is 5.75 Å². The molecule has 0 unspecified atom stereocenters. The average molecular weight is 406 g/mol. The Morgan fingerprint density at radius 3 is 2.18 bits per heavy atom. The van der Waals surface area contributed by atoms with Gasteiger partial charge >= 0.3 is 0 Å². The van der Waals surface area contributed by atoms with Crippen LogP contribution in [0.2, 0.25) is 0 Å². The number of sulfonamides is 1. The molecule has 28 heavy (non-hydrogen) atoms. The molecule has 1 aromatic carbocycles. The number of benzene rings is 1. The van der Waals surface area contributed by atoms with Crippen LogP contribution in [0.1, 0.15) is 20.8 Å². The van der Waals surface area contributed by atoms with E-state index in [1.54, 1.807) is 35.0 Å². The van der Waals surface area contributed by atoms with E-state index in [1.165, 1.54) is 29.9 Å². The van der Waals surface area contributed by atoms with Crippen molar-refractivity contribution in [3.05, 3.63) is 47.8 Å². The Morgan fingerprint density at radius 2 is 1.61 bits per heavy atom. The summed E-state index contributed by atoms with van der Waals surface area (Å²) in [4.78, 5) is 28.5. The van der Waals surface area contributed by atoms with Crippen molar-refractivity contribution in [1.82, 2.24) is 19.1 Å². The number of hydrogen-bond donors (Lipinski definition) is 2. The van der Waals surface area contributed by atoms with Crippen LogP contribution in [0.3, 0.4) is 0 Å². The molecule has 9 nitrogen and oxygen atoms in total. The maximum atomic E-state index is 12.8.